The summed E-state index contributed by atoms with van der Waals surface area (Å²) in [5.74, 6) is 0.658. The van der Waals surface area contributed by atoms with Gasteiger partial charge in [-0.05, 0) is 43.2 Å². The van der Waals surface area contributed by atoms with Crippen molar-refractivity contribution in [2.75, 3.05) is 23.3 Å². The lowest BCUT2D eigenvalue weighted by atomic mass is 10.2. The molecule has 1 amide bonds. The number of hydrogen-bond donors (Lipinski definition) is 1. The first-order chi connectivity index (χ1) is 10.2. The molecule has 2 aromatic rings. The SMILES string of the molecule is O=C(Nc1cccc(Br)c1)c1cccnc1N1CCCC1. The number of benzene rings is 1. The second-order valence-corrected chi connectivity index (χ2v) is 5.95. The standard InChI is InChI=1S/C16H16BrN3O/c17-12-5-3-6-13(11-12)19-16(21)14-7-4-8-18-15(14)20-9-1-2-10-20/h3-8,11H,1-2,9-10H2,(H,19,21). The molecular formula is C16H16BrN3O. The van der Waals surface area contributed by atoms with Gasteiger partial charge in [-0.25, -0.2) is 4.98 Å². The molecule has 0 radical (unpaired) electrons. The molecule has 1 aromatic carbocycles. The molecule has 0 spiro atoms. The van der Waals surface area contributed by atoms with Crippen molar-refractivity contribution in [3.05, 3.63) is 52.6 Å². The average molecular weight is 346 g/mol. The number of hydrogen-bond acceptors (Lipinski definition) is 3. The van der Waals surface area contributed by atoms with Gasteiger partial charge in [0.1, 0.15) is 5.82 Å². The minimum Gasteiger partial charge on any atom is -0.356 e. The van der Waals surface area contributed by atoms with E-state index < -0.39 is 0 Å². The molecule has 2 heterocycles. The van der Waals surface area contributed by atoms with E-state index in [9.17, 15) is 4.79 Å². The Labute approximate surface area is 132 Å². The van der Waals surface area contributed by atoms with Crippen LogP contribution in [0.3, 0.4) is 0 Å². The van der Waals surface area contributed by atoms with Crippen molar-refractivity contribution in [3.8, 4) is 0 Å². The van der Waals surface area contributed by atoms with E-state index in [0.29, 0.717) is 5.56 Å². The number of carbonyl (C=O) groups excluding carboxylic acids is 1. The molecule has 4 nitrogen and oxygen atoms in total. The summed E-state index contributed by atoms with van der Waals surface area (Å²) >= 11 is 3.40. The van der Waals surface area contributed by atoms with Crippen LogP contribution < -0.4 is 10.2 Å². The third-order valence-electron chi connectivity index (χ3n) is 3.52. The number of nitrogens with one attached hydrogen (secondary N) is 1. The second-order valence-electron chi connectivity index (χ2n) is 5.03. The summed E-state index contributed by atoms with van der Waals surface area (Å²) in [5, 5.41) is 2.93. The van der Waals surface area contributed by atoms with Gasteiger partial charge < -0.3 is 10.2 Å². The normalized spacial score (nSPS) is 14.2. The molecule has 108 valence electrons. The maximum absolute atomic E-state index is 12.5. The second kappa shape index (κ2) is 6.26. The minimum absolute atomic E-state index is 0.122. The first kappa shape index (κ1) is 14.1. The van der Waals surface area contributed by atoms with Crippen molar-refractivity contribution in [1.29, 1.82) is 0 Å². The van der Waals surface area contributed by atoms with E-state index >= 15 is 0 Å². The third-order valence-corrected chi connectivity index (χ3v) is 4.01. The molecule has 0 atom stereocenters. The monoisotopic (exact) mass is 345 g/mol. The fraction of sp³-hybridized carbons (Fsp3) is 0.250. The Balaban J connectivity index is 1.84. The molecule has 1 aliphatic rings. The minimum atomic E-state index is -0.122. The molecule has 1 N–H and O–H groups in total. The topological polar surface area (TPSA) is 45.2 Å². The molecule has 21 heavy (non-hydrogen) atoms. The van der Waals surface area contributed by atoms with Gasteiger partial charge in [-0.15, -0.1) is 0 Å². The van der Waals surface area contributed by atoms with Gasteiger partial charge in [0.15, 0.2) is 0 Å². The Morgan fingerprint density at radius 3 is 2.76 bits per heavy atom. The van der Waals surface area contributed by atoms with E-state index in [2.05, 4.69) is 31.1 Å². The van der Waals surface area contributed by atoms with Crippen molar-refractivity contribution in [2.45, 2.75) is 12.8 Å². The smallest absolute Gasteiger partial charge is 0.259 e. The fourth-order valence-electron chi connectivity index (χ4n) is 2.52. The van der Waals surface area contributed by atoms with Crippen LogP contribution in [0.5, 0.6) is 0 Å². The summed E-state index contributed by atoms with van der Waals surface area (Å²) in [5.41, 5.74) is 1.39. The third kappa shape index (κ3) is 3.24. The Bertz CT molecular complexity index is 653. The number of rotatable bonds is 3. The molecule has 5 heteroatoms. The summed E-state index contributed by atoms with van der Waals surface area (Å²) < 4.78 is 0.936. The number of aromatic nitrogens is 1. The fourth-order valence-corrected chi connectivity index (χ4v) is 2.92. The van der Waals surface area contributed by atoms with Crippen molar-refractivity contribution in [2.24, 2.45) is 0 Å². The van der Waals surface area contributed by atoms with Crippen LogP contribution in [0.2, 0.25) is 0 Å². The molecule has 1 aromatic heterocycles. The predicted octanol–water partition coefficient (Wildman–Crippen LogP) is 3.70. The molecule has 1 aliphatic heterocycles. The molecule has 0 bridgehead atoms. The number of anilines is 2. The number of nitrogens with zero attached hydrogens (tertiary/aromatic N) is 2. The van der Waals surface area contributed by atoms with E-state index in [-0.39, 0.29) is 5.91 Å². The summed E-state index contributed by atoms with van der Waals surface area (Å²) in [6.07, 6.45) is 4.05. The van der Waals surface area contributed by atoms with Crippen LogP contribution in [0, 0.1) is 0 Å². The van der Waals surface area contributed by atoms with E-state index in [1.807, 2.05) is 30.3 Å². The van der Waals surface area contributed by atoms with Crippen molar-refractivity contribution < 1.29 is 4.79 Å². The van der Waals surface area contributed by atoms with Crippen LogP contribution in [0.25, 0.3) is 0 Å². The Kier molecular flexibility index (Phi) is 4.20. The molecule has 0 aliphatic carbocycles. The van der Waals surface area contributed by atoms with Crippen LogP contribution in [-0.2, 0) is 0 Å². The predicted molar refractivity (Wildman–Crippen MR) is 87.8 cm³/mol. The number of halogens is 1. The van der Waals surface area contributed by atoms with Gasteiger partial charge in [0, 0.05) is 29.4 Å². The maximum atomic E-state index is 12.5. The number of amides is 1. The summed E-state index contributed by atoms with van der Waals surface area (Å²) in [6, 6.07) is 11.2. The van der Waals surface area contributed by atoms with E-state index in [0.717, 1.165) is 41.9 Å². The lowest BCUT2D eigenvalue weighted by Gasteiger charge is -2.19. The van der Waals surface area contributed by atoms with E-state index in [4.69, 9.17) is 0 Å². The zero-order valence-corrected chi connectivity index (χ0v) is 13.1. The molecule has 1 fully saturated rings. The molecule has 0 unspecified atom stereocenters. The van der Waals surface area contributed by atoms with E-state index in [1.165, 1.54) is 0 Å². The Morgan fingerprint density at radius 2 is 2.00 bits per heavy atom. The molecular weight excluding hydrogens is 330 g/mol. The zero-order chi connectivity index (χ0) is 14.7. The maximum Gasteiger partial charge on any atom is 0.259 e. The van der Waals surface area contributed by atoms with Crippen molar-refractivity contribution in [1.82, 2.24) is 4.98 Å². The first-order valence-corrected chi connectivity index (χ1v) is 7.80. The van der Waals surface area contributed by atoms with Gasteiger partial charge in [-0.3, -0.25) is 4.79 Å². The lowest BCUT2D eigenvalue weighted by molar-refractivity contribution is 0.102. The van der Waals surface area contributed by atoms with Crippen LogP contribution in [0.15, 0.2) is 47.1 Å². The Hall–Kier alpha value is -1.88. The van der Waals surface area contributed by atoms with Crippen LogP contribution >= 0.6 is 15.9 Å². The van der Waals surface area contributed by atoms with Crippen molar-refractivity contribution >= 4 is 33.3 Å². The summed E-state index contributed by atoms with van der Waals surface area (Å²) in [7, 11) is 0. The average Bonchev–Trinajstić information content (AvgIpc) is 3.01. The highest BCUT2D eigenvalue weighted by molar-refractivity contribution is 9.10. The van der Waals surface area contributed by atoms with Crippen molar-refractivity contribution in [3.63, 3.8) is 0 Å². The summed E-state index contributed by atoms with van der Waals surface area (Å²) in [4.78, 5) is 19.1. The Morgan fingerprint density at radius 1 is 1.19 bits per heavy atom. The van der Waals surface area contributed by atoms with Gasteiger partial charge in [0.2, 0.25) is 0 Å². The lowest BCUT2D eigenvalue weighted by Crippen LogP contribution is -2.24. The van der Waals surface area contributed by atoms with Gasteiger partial charge >= 0.3 is 0 Å². The molecule has 1 saturated heterocycles. The van der Waals surface area contributed by atoms with Gasteiger partial charge in [0.25, 0.3) is 5.91 Å². The highest BCUT2D eigenvalue weighted by Crippen LogP contribution is 2.23. The molecule has 0 saturated carbocycles. The van der Waals surface area contributed by atoms with Crippen LogP contribution in [0.1, 0.15) is 23.2 Å². The van der Waals surface area contributed by atoms with E-state index in [1.54, 1.807) is 12.3 Å². The quantitative estimate of drug-likeness (QED) is 0.922. The summed E-state index contributed by atoms with van der Waals surface area (Å²) in [6.45, 7) is 1.93. The highest BCUT2D eigenvalue weighted by atomic mass is 79.9. The zero-order valence-electron chi connectivity index (χ0n) is 11.6. The highest BCUT2D eigenvalue weighted by Gasteiger charge is 2.20. The van der Waals surface area contributed by atoms with Gasteiger partial charge in [-0.1, -0.05) is 22.0 Å². The van der Waals surface area contributed by atoms with Crippen LogP contribution in [0.4, 0.5) is 11.5 Å². The van der Waals surface area contributed by atoms with Gasteiger partial charge in [0.05, 0.1) is 5.56 Å². The van der Waals surface area contributed by atoms with Gasteiger partial charge in [-0.2, -0.15) is 0 Å². The first-order valence-electron chi connectivity index (χ1n) is 7.01. The number of pyridine rings is 1. The van der Waals surface area contributed by atoms with Crippen LogP contribution in [-0.4, -0.2) is 24.0 Å². The number of carbonyl (C=O) groups is 1. The molecule has 3 rings (SSSR count). The largest absolute Gasteiger partial charge is 0.356 e.